The Bertz CT molecular complexity index is 771. The van der Waals surface area contributed by atoms with Crippen LogP contribution in [0.1, 0.15) is 54.7 Å². The fourth-order valence-electron chi connectivity index (χ4n) is 3.03. The van der Waals surface area contributed by atoms with E-state index in [1.807, 2.05) is 59.7 Å². The average Bonchev–Trinajstić information content (AvgIpc) is 2.47. The van der Waals surface area contributed by atoms with E-state index in [1.54, 1.807) is 0 Å². The fraction of sp³-hybridized carbons (Fsp3) is 0.409. The number of carbonyl (C=O) groups excluding carboxylic acids is 1. The number of benzene rings is 2. The monoisotopic (exact) mass is 372 g/mol. The molecule has 0 heterocycles. The van der Waals surface area contributed by atoms with Crippen LogP contribution < -0.4 is 14.8 Å². The van der Waals surface area contributed by atoms with Gasteiger partial charge in [0.1, 0.15) is 11.5 Å². The lowest BCUT2D eigenvalue weighted by Crippen LogP contribution is -2.14. The Hall–Kier alpha value is -1.86. The van der Waals surface area contributed by atoms with Crippen molar-refractivity contribution in [2.24, 2.45) is 0 Å². The van der Waals surface area contributed by atoms with E-state index in [2.05, 4.69) is 19.1 Å². The Balaban J connectivity index is 2.34. The lowest BCUT2D eigenvalue weighted by Gasteiger charge is -2.17. The summed E-state index contributed by atoms with van der Waals surface area (Å²) >= 11 is 0. The average molecular weight is 372 g/mol. The van der Waals surface area contributed by atoms with Crippen LogP contribution in [0.15, 0.2) is 30.3 Å². The Morgan fingerprint density at radius 2 is 1.46 bits per heavy atom. The van der Waals surface area contributed by atoms with Crippen molar-refractivity contribution in [1.82, 2.24) is 0 Å². The Morgan fingerprint density at radius 3 is 2.00 bits per heavy atom. The summed E-state index contributed by atoms with van der Waals surface area (Å²) in [5.74, 6) is 1.49. The summed E-state index contributed by atoms with van der Waals surface area (Å²) in [4.78, 5) is 13.0. The molecule has 26 heavy (non-hydrogen) atoms. The third-order valence-electron chi connectivity index (χ3n) is 3.84. The number of carbonyl (C=O) groups is 1. The molecule has 4 heteroatoms. The highest BCUT2D eigenvalue weighted by atomic mass is 31.1. The summed E-state index contributed by atoms with van der Waals surface area (Å²) in [7, 11) is 0.0164. The van der Waals surface area contributed by atoms with Crippen LogP contribution in [-0.2, 0) is 0 Å². The van der Waals surface area contributed by atoms with E-state index in [4.69, 9.17) is 9.47 Å². The molecule has 2 rings (SSSR count). The Morgan fingerprint density at radius 1 is 0.885 bits per heavy atom. The van der Waals surface area contributed by atoms with Gasteiger partial charge in [0.15, 0.2) is 5.52 Å². The number of rotatable bonds is 7. The van der Waals surface area contributed by atoms with Crippen LogP contribution >= 0.6 is 8.58 Å². The molecule has 0 aliphatic rings. The maximum absolute atomic E-state index is 13.0. The molecule has 2 aromatic rings. The van der Waals surface area contributed by atoms with Gasteiger partial charge in [-0.05, 0) is 80.3 Å². The van der Waals surface area contributed by atoms with Crippen LogP contribution in [0.5, 0.6) is 11.5 Å². The van der Waals surface area contributed by atoms with E-state index >= 15 is 0 Å². The second-order valence-corrected chi connectivity index (χ2v) is 8.46. The van der Waals surface area contributed by atoms with Gasteiger partial charge in [0.2, 0.25) is 0 Å². The topological polar surface area (TPSA) is 35.5 Å². The van der Waals surface area contributed by atoms with Crippen LogP contribution in [0.4, 0.5) is 0 Å². The van der Waals surface area contributed by atoms with Crippen molar-refractivity contribution < 1.29 is 14.3 Å². The van der Waals surface area contributed by atoms with Crippen LogP contribution in [-0.4, -0.2) is 17.7 Å². The molecule has 0 saturated carbocycles. The first kappa shape index (κ1) is 20.5. The first-order valence-corrected chi connectivity index (χ1v) is 10.0. The minimum absolute atomic E-state index is 0.0164. The van der Waals surface area contributed by atoms with Crippen LogP contribution in [0, 0.1) is 20.8 Å². The molecule has 140 valence electrons. The van der Waals surface area contributed by atoms with E-state index in [-0.39, 0.29) is 26.3 Å². The molecule has 1 atom stereocenters. The quantitative estimate of drug-likeness (QED) is 0.616. The van der Waals surface area contributed by atoms with Gasteiger partial charge in [-0.15, -0.1) is 0 Å². The SMILES string of the molecule is Cc1cc(C)c(C(=O)Pc2ccc(OC(C)C)cc2OC(C)C)c(C)c1. The summed E-state index contributed by atoms with van der Waals surface area (Å²) in [5.41, 5.74) is 4.22. The molecule has 0 aromatic heterocycles. The molecule has 3 nitrogen and oxygen atoms in total. The zero-order valence-corrected chi connectivity index (χ0v) is 17.8. The normalized spacial score (nSPS) is 11.6. The van der Waals surface area contributed by atoms with Crippen molar-refractivity contribution in [3.63, 3.8) is 0 Å². The Labute approximate surface area is 158 Å². The van der Waals surface area contributed by atoms with Gasteiger partial charge in [-0.1, -0.05) is 17.7 Å². The van der Waals surface area contributed by atoms with Crippen molar-refractivity contribution in [2.45, 2.75) is 60.7 Å². The third-order valence-corrected chi connectivity index (χ3v) is 5.00. The molecule has 1 unspecified atom stereocenters. The predicted molar refractivity (Wildman–Crippen MR) is 111 cm³/mol. The molecule has 2 aromatic carbocycles. The van der Waals surface area contributed by atoms with E-state index in [0.717, 1.165) is 33.5 Å². The largest absolute Gasteiger partial charge is 0.491 e. The lowest BCUT2D eigenvalue weighted by atomic mass is 10.0. The second-order valence-electron chi connectivity index (χ2n) is 7.22. The molecule has 0 saturated heterocycles. The summed E-state index contributed by atoms with van der Waals surface area (Å²) < 4.78 is 11.7. The molecular formula is C22H29O3P. The lowest BCUT2D eigenvalue weighted by molar-refractivity contribution is 0.108. The zero-order chi connectivity index (χ0) is 19.4. The smallest absolute Gasteiger partial charge is 0.186 e. The number of hydrogen-bond acceptors (Lipinski definition) is 3. The Kier molecular flexibility index (Phi) is 6.83. The number of ether oxygens (including phenoxy) is 2. The van der Waals surface area contributed by atoms with Crippen molar-refractivity contribution >= 4 is 19.4 Å². The second kappa shape index (κ2) is 8.68. The van der Waals surface area contributed by atoms with Gasteiger partial charge in [-0.25, -0.2) is 0 Å². The highest BCUT2D eigenvalue weighted by Gasteiger charge is 2.17. The van der Waals surface area contributed by atoms with Gasteiger partial charge in [0, 0.05) is 16.9 Å². The zero-order valence-electron chi connectivity index (χ0n) is 16.8. The summed E-state index contributed by atoms with van der Waals surface area (Å²) in [5, 5.41) is 0.916. The first-order valence-electron chi connectivity index (χ1n) is 9.04. The van der Waals surface area contributed by atoms with Gasteiger partial charge in [0.25, 0.3) is 0 Å². The predicted octanol–water partition coefficient (Wildman–Crippen LogP) is 5.33. The van der Waals surface area contributed by atoms with Crippen molar-refractivity contribution in [3.8, 4) is 11.5 Å². The molecule has 0 bridgehead atoms. The van der Waals surface area contributed by atoms with E-state index < -0.39 is 0 Å². The molecule has 0 amide bonds. The number of hydrogen-bond donors (Lipinski definition) is 0. The maximum atomic E-state index is 13.0. The van der Waals surface area contributed by atoms with E-state index in [1.165, 1.54) is 5.56 Å². The standard InChI is InChI=1S/C22H29O3P/c1-13(2)24-18-8-9-20(19(12-18)25-14(3)4)26-22(23)21-16(6)10-15(5)11-17(21)7/h8-14,26H,1-7H3. The molecule has 0 N–H and O–H groups in total. The van der Waals surface area contributed by atoms with Crippen molar-refractivity contribution in [2.75, 3.05) is 0 Å². The van der Waals surface area contributed by atoms with E-state index in [0.29, 0.717) is 0 Å². The summed E-state index contributed by atoms with van der Waals surface area (Å²) in [6.45, 7) is 14.0. The van der Waals surface area contributed by atoms with Gasteiger partial charge >= 0.3 is 0 Å². The molecule has 0 aliphatic carbocycles. The fourth-order valence-corrected chi connectivity index (χ4v) is 4.21. The van der Waals surface area contributed by atoms with E-state index in [9.17, 15) is 4.79 Å². The first-order chi connectivity index (χ1) is 12.2. The summed E-state index contributed by atoms with van der Waals surface area (Å²) in [6.07, 6.45) is 0.125. The highest BCUT2D eigenvalue weighted by Crippen LogP contribution is 2.31. The van der Waals surface area contributed by atoms with Gasteiger partial charge in [-0.2, -0.15) is 0 Å². The van der Waals surface area contributed by atoms with Crippen LogP contribution in [0.25, 0.3) is 0 Å². The minimum Gasteiger partial charge on any atom is -0.491 e. The molecule has 0 aliphatic heterocycles. The molecule has 0 fully saturated rings. The minimum atomic E-state index is 0.0164. The number of aryl methyl sites for hydroxylation is 3. The summed E-state index contributed by atoms with van der Waals surface area (Å²) in [6, 6.07) is 9.89. The highest BCUT2D eigenvalue weighted by molar-refractivity contribution is 7.66. The molecule has 0 radical (unpaired) electrons. The van der Waals surface area contributed by atoms with Gasteiger partial charge < -0.3 is 9.47 Å². The van der Waals surface area contributed by atoms with Crippen LogP contribution in [0.3, 0.4) is 0 Å². The molecular weight excluding hydrogens is 343 g/mol. The van der Waals surface area contributed by atoms with Crippen molar-refractivity contribution in [3.05, 3.63) is 52.6 Å². The van der Waals surface area contributed by atoms with Crippen molar-refractivity contribution in [1.29, 1.82) is 0 Å². The maximum Gasteiger partial charge on any atom is 0.186 e. The third kappa shape index (κ3) is 5.32. The molecule has 0 spiro atoms. The van der Waals surface area contributed by atoms with Gasteiger partial charge in [-0.3, -0.25) is 4.79 Å². The van der Waals surface area contributed by atoms with Crippen LogP contribution in [0.2, 0.25) is 0 Å². The van der Waals surface area contributed by atoms with Gasteiger partial charge in [0.05, 0.1) is 12.2 Å².